The molecule has 3 aromatic rings. The highest BCUT2D eigenvalue weighted by molar-refractivity contribution is 6.31. The summed E-state index contributed by atoms with van der Waals surface area (Å²) < 4.78 is 16.3. The molecular weight excluding hydrogens is 544 g/mol. The maximum absolute atomic E-state index is 14.2. The quantitative estimate of drug-likeness (QED) is 0.177. The van der Waals surface area contributed by atoms with Crippen LogP contribution in [-0.4, -0.2) is 57.0 Å². The first-order valence-electron chi connectivity index (χ1n) is 13.0. The number of ketones is 3. The fourth-order valence-corrected chi connectivity index (χ4v) is 5.38. The molecule has 0 spiro atoms. The van der Waals surface area contributed by atoms with Crippen molar-refractivity contribution in [2.45, 2.75) is 45.8 Å². The lowest BCUT2D eigenvalue weighted by atomic mass is 9.70. The zero-order valence-corrected chi connectivity index (χ0v) is 23.9. The number of hydrogen-bond donors (Lipinski definition) is 4. The van der Waals surface area contributed by atoms with Crippen molar-refractivity contribution < 1.29 is 38.8 Å². The Morgan fingerprint density at radius 3 is 2.45 bits per heavy atom. The van der Waals surface area contributed by atoms with Crippen molar-refractivity contribution in [1.29, 1.82) is 0 Å². The Morgan fingerprint density at radius 2 is 1.83 bits per heavy atom. The molecule has 2 atom stereocenters. The highest BCUT2D eigenvalue weighted by atomic mass is 16.5. The summed E-state index contributed by atoms with van der Waals surface area (Å²) in [5.41, 5.74) is -0.989. The number of benzene rings is 2. The zero-order valence-electron chi connectivity index (χ0n) is 23.9. The third-order valence-corrected chi connectivity index (χ3v) is 7.66. The van der Waals surface area contributed by atoms with E-state index >= 15 is 0 Å². The van der Waals surface area contributed by atoms with Crippen molar-refractivity contribution in [2.75, 3.05) is 14.2 Å². The number of methoxy groups -OCH3 is 2. The van der Waals surface area contributed by atoms with Gasteiger partial charge in [-0.15, -0.1) is 0 Å². The molecule has 2 unspecified atom stereocenters. The molecule has 0 bridgehead atoms. The van der Waals surface area contributed by atoms with E-state index in [0.29, 0.717) is 17.4 Å². The number of aromatic hydroxyl groups is 2. The molecule has 2 heterocycles. The smallest absolute Gasteiger partial charge is 0.194 e. The lowest BCUT2D eigenvalue weighted by molar-refractivity contribution is -0.123. The van der Waals surface area contributed by atoms with Crippen LogP contribution in [-0.2, 0) is 26.3 Å². The summed E-state index contributed by atoms with van der Waals surface area (Å²) in [6, 6.07) is 6.46. The number of phenols is 2. The van der Waals surface area contributed by atoms with E-state index in [-0.39, 0.29) is 46.1 Å². The monoisotopic (exact) mass is 574 g/mol. The molecule has 2 aromatic carbocycles. The number of Topliss-reactive ketones (excluding diaryl/α,β-unsaturated/α-hetero) is 2. The van der Waals surface area contributed by atoms with Crippen LogP contribution in [0, 0.1) is 6.92 Å². The van der Waals surface area contributed by atoms with Crippen LogP contribution in [0.5, 0.6) is 23.0 Å². The molecule has 0 radical (unpaired) electrons. The van der Waals surface area contributed by atoms with Gasteiger partial charge >= 0.3 is 0 Å². The molecule has 0 saturated carbocycles. The number of allylic oxidation sites excluding steroid dienone is 4. The SMILES string of the molecule is COCc1nc(C(NC(C)=C2C(=O)C=C3Oc4c(C(C)=O)c(O)c(C)c(O)c4C3(C)C2=O)c2ccc(OC)cc2)n[nH]1. The van der Waals surface area contributed by atoms with Crippen LogP contribution < -0.4 is 14.8 Å². The first-order chi connectivity index (χ1) is 19.9. The molecule has 0 amide bonds. The van der Waals surface area contributed by atoms with Crippen molar-refractivity contribution in [3.05, 3.63) is 81.3 Å². The predicted molar refractivity (Wildman–Crippen MR) is 148 cm³/mol. The molecule has 42 heavy (non-hydrogen) atoms. The number of carbonyl (C=O) groups excluding carboxylic acids is 3. The molecule has 5 rings (SSSR count). The maximum atomic E-state index is 14.2. The van der Waals surface area contributed by atoms with Gasteiger partial charge in [0.2, 0.25) is 0 Å². The Balaban J connectivity index is 1.62. The average Bonchev–Trinajstić information content (AvgIpc) is 3.53. The van der Waals surface area contributed by atoms with Gasteiger partial charge in [-0.1, -0.05) is 12.1 Å². The molecule has 2 aliphatic rings. The van der Waals surface area contributed by atoms with Crippen LogP contribution in [0.25, 0.3) is 0 Å². The van der Waals surface area contributed by atoms with Gasteiger partial charge in [0.25, 0.3) is 0 Å². The van der Waals surface area contributed by atoms with E-state index in [0.717, 1.165) is 5.56 Å². The van der Waals surface area contributed by atoms with Gasteiger partial charge in [-0.3, -0.25) is 19.5 Å². The lowest BCUT2D eigenvalue weighted by Crippen LogP contribution is -2.41. The van der Waals surface area contributed by atoms with Crippen molar-refractivity contribution in [3.8, 4) is 23.0 Å². The van der Waals surface area contributed by atoms with E-state index < -0.39 is 40.3 Å². The van der Waals surface area contributed by atoms with E-state index in [1.54, 1.807) is 26.2 Å². The van der Waals surface area contributed by atoms with Gasteiger partial charge in [0.05, 0.1) is 18.2 Å². The number of nitrogens with zero attached hydrogens (tertiary/aromatic N) is 2. The Morgan fingerprint density at radius 1 is 1.14 bits per heavy atom. The summed E-state index contributed by atoms with van der Waals surface area (Å²) in [5, 5.41) is 32.0. The summed E-state index contributed by atoms with van der Waals surface area (Å²) in [5.74, 6) is -1.37. The topological polar surface area (TPSA) is 173 Å². The molecule has 218 valence electrons. The molecule has 1 aliphatic carbocycles. The van der Waals surface area contributed by atoms with E-state index in [2.05, 4.69) is 20.5 Å². The predicted octanol–water partition coefficient (Wildman–Crippen LogP) is 3.22. The normalized spacial score (nSPS) is 19.4. The van der Waals surface area contributed by atoms with Crippen molar-refractivity contribution in [1.82, 2.24) is 20.5 Å². The fraction of sp³-hybridized carbons (Fsp3) is 0.300. The summed E-state index contributed by atoms with van der Waals surface area (Å²) in [7, 11) is 3.09. The summed E-state index contributed by atoms with van der Waals surface area (Å²) in [6.07, 6.45) is 1.17. The van der Waals surface area contributed by atoms with Crippen LogP contribution >= 0.6 is 0 Å². The molecule has 12 nitrogen and oxygen atoms in total. The zero-order chi connectivity index (χ0) is 30.5. The van der Waals surface area contributed by atoms with Crippen LogP contribution in [0.2, 0.25) is 0 Å². The van der Waals surface area contributed by atoms with Gasteiger partial charge in [0, 0.05) is 24.4 Å². The Hall–Kier alpha value is -4.97. The first kappa shape index (κ1) is 28.6. The molecule has 4 N–H and O–H groups in total. The third kappa shape index (κ3) is 4.31. The second kappa shape index (κ2) is 10.5. The first-order valence-corrected chi connectivity index (χ1v) is 13.0. The number of phenolic OH excluding ortho intramolecular Hbond substituents is 2. The van der Waals surface area contributed by atoms with Crippen molar-refractivity contribution in [2.24, 2.45) is 0 Å². The number of aromatic nitrogens is 3. The highest BCUT2D eigenvalue weighted by Crippen LogP contribution is 2.57. The molecule has 1 aromatic heterocycles. The minimum Gasteiger partial charge on any atom is -0.507 e. The Labute approximate surface area is 241 Å². The summed E-state index contributed by atoms with van der Waals surface area (Å²) in [4.78, 5) is 44.6. The third-order valence-electron chi connectivity index (χ3n) is 7.66. The number of rotatable bonds is 8. The van der Waals surface area contributed by atoms with Gasteiger partial charge in [0.15, 0.2) is 29.0 Å². The highest BCUT2D eigenvalue weighted by Gasteiger charge is 2.56. The van der Waals surface area contributed by atoms with Gasteiger partial charge in [0.1, 0.15) is 52.4 Å². The number of carbonyl (C=O) groups is 3. The Bertz CT molecular complexity index is 1700. The van der Waals surface area contributed by atoms with Crippen molar-refractivity contribution in [3.63, 3.8) is 0 Å². The Kier molecular flexibility index (Phi) is 7.11. The molecule has 0 fully saturated rings. The number of fused-ring (bicyclic) bond motifs is 3. The van der Waals surface area contributed by atoms with Gasteiger partial charge < -0.3 is 29.7 Å². The maximum Gasteiger partial charge on any atom is 0.194 e. The van der Waals surface area contributed by atoms with E-state index in [1.165, 1.54) is 34.0 Å². The average molecular weight is 575 g/mol. The molecule has 1 aliphatic heterocycles. The standard InChI is InChI=1S/C30H30N4O8/c1-13-25(37)22(15(3)35)27-23(26(13)38)30(4)19(42-27)11-18(36)21(28(30)39)14(2)31-24(16-7-9-17(41-6)10-8-16)29-32-20(12-40-5)33-34-29/h7-11,24,31,37-38H,12H2,1-6H3,(H,32,33,34). The lowest BCUT2D eigenvalue weighted by Gasteiger charge is -2.29. The van der Waals surface area contributed by atoms with Crippen LogP contribution in [0.15, 0.2) is 47.4 Å². The number of hydrogen-bond acceptors (Lipinski definition) is 11. The minimum absolute atomic E-state index is 0.0157. The van der Waals surface area contributed by atoms with Crippen LogP contribution in [0.4, 0.5) is 0 Å². The molecule has 0 saturated heterocycles. The minimum atomic E-state index is -1.64. The number of ether oxygens (including phenoxy) is 3. The van der Waals surface area contributed by atoms with Gasteiger partial charge in [-0.05, 0) is 45.4 Å². The molecule has 12 heteroatoms. The number of nitrogens with one attached hydrogen (secondary N) is 2. The number of aromatic amines is 1. The second-order valence-corrected chi connectivity index (χ2v) is 10.3. The second-order valence-electron chi connectivity index (χ2n) is 10.3. The summed E-state index contributed by atoms with van der Waals surface area (Å²) in [6.45, 7) is 5.97. The van der Waals surface area contributed by atoms with E-state index in [1.807, 2.05) is 12.1 Å². The van der Waals surface area contributed by atoms with Gasteiger partial charge in [-0.25, -0.2) is 4.98 Å². The van der Waals surface area contributed by atoms with Crippen LogP contribution in [0.3, 0.4) is 0 Å². The number of H-pyrrole nitrogens is 1. The van der Waals surface area contributed by atoms with Gasteiger partial charge in [-0.2, -0.15) is 5.10 Å². The van der Waals surface area contributed by atoms with E-state index in [9.17, 15) is 24.6 Å². The summed E-state index contributed by atoms with van der Waals surface area (Å²) >= 11 is 0. The van der Waals surface area contributed by atoms with E-state index in [4.69, 9.17) is 14.2 Å². The van der Waals surface area contributed by atoms with Crippen LogP contribution in [0.1, 0.15) is 65.5 Å². The molecular formula is C30H30N4O8. The largest absolute Gasteiger partial charge is 0.507 e. The van der Waals surface area contributed by atoms with Crippen molar-refractivity contribution >= 4 is 17.3 Å². The fourth-order valence-electron chi connectivity index (χ4n) is 5.38.